The van der Waals surface area contributed by atoms with Crippen LogP contribution in [-0.4, -0.2) is 54.2 Å². The van der Waals surface area contributed by atoms with Crippen molar-refractivity contribution in [2.75, 3.05) is 13.6 Å². The molecule has 218 valence electrons. The van der Waals surface area contributed by atoms with Crippen molar-refractivity contribution in [3.8, 4) is 0 Å². The molecular weight excluding hydrogens is 603 g/mol. The van der Waals surface area contributed by atoms with E-state index >= 15 is 0 Å². The van der Waals surface area contributed by atoms with Crippen LogP contribution < -0.4 is 0 Å². The number of hydrogen-bond donors (Lipinski definition) is 1. The Kier molecular flexibility index (Phi) is 8.56. The van der Waals surface area contributed by atoms with E-state index in [1.54, 1.807) is 54.6 Å². The van der Waals surface area contributed by atoms with Crippen LogP contribution in [-0.2, 0) is 19.6 Å². The molecule has 1 saturated carbocycles. The molecule has 2 aliphatic rings. The van der Waals surface area contributed by atoms with Gasteiger partial charge in [-0.1, -0.05) is 60.5 Å². The molecule has 2 aromatic carbocycles. The van der Waals surface area contributed by atoms with Crippen LogP contribution in [0.15, 0.2) is 70.3 Å². The summed E-state index contributed by atoms with van der Waals surface area (Å²) in [5.74, 6) is -1.55. The maximum Gasteiger partial charge on any atom is 0.304 e. The average molecular weight is 636 g/mol. The Morgan fingerprint density at radius 3 is 2.39 bits per heavy atom. The van der Waals surface area contributed by atoms with Crippen LogP contribution >= 0.6 is 34.5 Å². The third kappa shape index (κ3) is 6.20. The number of piperidine rings is 1. The molecule has 1 saturated heterocycles. The molecular formula is C30H32Cl2N2O5S2. The van der Waals surface area contributed by atoms with Crippen molar-refractivity contribution < 1.29 is 23.1 Å². The highest BCUT2D eigenvalue weighted by atomic mass is 35.5. The predicted molar refractivity (Wildman–Crippen MR) is 161 cm³/mol. The van der Waals surface area contributed by atoms with Crippen LogP contribution in [0.1, 0.15) is 55.7 Å². The van der Waals surface area contributed by atoms with Gasteiger partial charge in [-0.3, -0.25) is 9.59 Å². The van der Waals surface area contributed by atoms with E-state index in [4.69, 9.17) is 23.2 Å². The standard InChI is InChI=1S/C30H32Cl2N2O5S2/c1-30(17-26(35)36)16-24(21-5-3-6-23(32)15-21)28(20-10-12-22(31)13-11-20)34(29(30)37)25(19-8-9-19)18-33(2)41(38,39)27-7-4-14-40-27/h3-7,10-15,19,24-25,28H,8-9,16-18H2,1-2H3,(H,35,36)/t24-,25-,28-,30-/m1/s1. The second-order valence-corrected chi connectivity index (χ2v) is 15.4. The minimum atomic E-state index is -3.77. The van der Waals surface area contributed by atoms with E-state index in [9.17, 15) is 23.1 Å². The van der Waals surface area contributed by atoms with Gasteiger partial charge in [0.05, 0.1) is 17.9 Å². The summed E-state index contributed by atoms with van der Waals surface area (Å²) in [6.45, 7) is 1.80. The summed E-state index contributed by atoms with van der Waals surface area (Å²) >= 11 is 13.8. The number of carboxylic acids is 1. The van der Waals surface area contributed by atoms with Crippen molar-refractivity contribution in [3.05, 3.63) is 87.2 Å². The largest absolute Gasteiger partial charge is 0.481 e. The molecule has 7 nitrogen and oxygen atoms in total. The zero-order chi connectivity index (χ0) is 29.5. The quantitative estimate of drug-likeness (QED) is 0.268. The fraction of sp³-hybridized carbons (Fsp3) is 0.400. The first-order valence-corrected chi connectivity index (χ1v) is 16.5. The lowest BCUT2D eigenvalue weighted by Crippen LogP contribution is -2.59. The summed E-state index contributed by atoms with van der Waals surface area (Å²) in [5.41, 5.74) is 0.528. The Bertz CT molecular complexity index is 1530. The number of amides is 1. The maximum absolute atomic E-state index is 14.6. The third-order valence-electron chi connectivity index (χ3n) is 8.26. The number of carbonyl (C=O) groups is 2. The molecule has 0 spiro atoms. The monoisotopic (exact) mass is 634 g/mol. The minimum absolute atomic E-state index is 0.0851. The van der Waals surface area contributed by atoms with Gasteiger partial charge in [0.25, 0.3) is 10.0 Å². The van der Waals surface area contributed by atoms with E-state index in [-0.39, 0.29) is 34.9 Å². The topological polar surface area (TPSA) is 95.0 Å². The van der Waals surface area contributed by atoms with Gasteiger partial charge in [0.2, 0.25) is 5.91 Å². The molecule has 0 bridgehead atoms. The number of aliphatic carboxylic acids is 1. The SMILES string of the molecule is CN(C[C@H](C1CC1)N1C(=O)[C@@](C)(CC(=O)O)C[C@H](c2cccc(Cl)c2)[C@H]1c1ccc(Cl)cc1)S(=O)(=O)c1cccs1. The lowest BCUT2D eigenvalue weighted by atomic mass is 9.67. The number of carboxylic acid groups (broad SMARTS) is 1. The summed E-state index contributed by atoms with van der Waals surface area (Å²) in [5, 5.41) is 12.7. The molecule has 1 aromatic heterocycles. The van der Waals surface area contributed by atoms with Crippen LogP contribution in [0, 0.1) is 11.3 Å². The van der Waals surface area contributed by atoms with Gasteiger partial charge in [0.15, 0.2) is 0 Å². The number of nitrogens with zero attached hydrogens (tertiary/aromatic N) is 2. The van der Waals surface area contributed by atoms with Crippen molar-refractivity contribution >= 4 is 56.4 Å². The molecule has 2 fully saturated rings. The fourth-order valence-electron chi connectivity index (χ4n) is 6.12. The van der Waals surface area contributed by atoms with Crippen LogP contribution in [0.5, 0.6) is 0 Å². The molecule has 3 aromatic rings. The number of rotatable bonds is 10. The van der Waals surface area contributed by atoms with Gasteiger partial charge in [-0.15, -0.1) is 11.3 Å². The number of hydrogen-bond acceptors (Lipinski definition) is 5. The van der Waals surface area contributed by atoms with Crippen LogP contribution in [0.3, 0.4) is 0 Å². The molecule has 1 N–H and O–H groups in total. The highest BCUT2D eigenvalue weighted by Gasteiger charge is 2.55. The molecule has 5 rings (SSSR count). The molecule has 1 amide bonds. The van der Waals surface area contributed by atoms with Gasteiger partial charge in [-0.25, -0.2) is 8.42 Å². The van der Waals surface area contributed by atoms with Crippen molar-refractivity contribution in [2.24, 2.45) is 11.3 Å². The first-order chi connectivity index (χ1) is 19.4. The molecule has 41 heavy (non-hydrogen) atoms. The van der Waals surface area contributed by atoms with Crippen molar-refractivity contribution in [1.82, 2.24) is 9.21 Å². The van der Waals surface area contributed by atoms with E-state index in [1.165, 1.54) is 4.31 Å². The predicted octanol–water partition coefficient (Wildman–Crippen LogP) is 6.69. The lowest BCUT2D eigenvalue weighted by molar-refractivity contribution is -0.161. The zero-order valence-corrected chi connectivity index (χ0v) is 25.9. The average Bonchev–Trinajstić information content (AvgIpc) is 3.60. The molecule has 2 heterocycles. The third-order valence-corrected chi connectivity index (χ3v) is 11.9. The Morgan fingerprint density at radius 1 is 1.10 bits per heavy atom. The molecule has 11 heteroatoms. The van der Waals surface area contributed by atoms with E-state index in [0.717, 1.165) is 35.3 Å². The van der Waals surface area contributed by atoms with E-state index in [2.05, 4.69) is 0 Å². The van der Waals surface area contributed by atoms with Crippen LogP contribution in [0.2, 0.25) is 10.0 Å². The molecule has 0 unspecified atom stereocenters. The maximum atomic E-state index is 14.6. The van der Waals surface area contributed by atoms with Crippen molar-refractivity contribution in [2.45, 2.75) is 54.8 Å². The number of carbonyl (C=O) groups excluding carboxylic acids is 1. The van der Waals surface area contributed by atoms with Gasteiger partial charge in [-0.2, -0.15) is 4.31 Å². The van der Waals surface area contributed by atoms with Gasteiger partial charge in [0.1, 0.15) is 4.21 Å². The van der Waals surface area contributed by atoms with Gasteiger partial charge >= 0.3 is 5.97 Å². The Balaban J connectivity index is 1.65. The normalized spacial score (nSPS) is 24.0. The van der Waals surface area contributed by atoms with E-state index in [0.29, 0.717) is 16.5 Å². The smallest absolute Gasteiger partial charge is 0.304 e. The van der Waals surface area contributed by atoms with Crippen molar-refractivity contribution in [3.63, 3.8) is 0 Å². The molecule has 1 aliphatic heterocycles. The van der Waals surface area contributed by atoms with Crippen LogP contribution in [0.25, 0.3) is 0 Å². The number of halogens is 2. The molecule has 0 radical (unpaired) electrons. The van der Waals surface area contributed by atoms with Crippen molar-refractivity contribution in [1.29, 1.82) is 0 Å². The fourth-order valence-corrected chi connectivity index (χ4v) is 8.83. The lowest BCUT2D eigenvalue weighted by Gasteiger charge is -2.52. The highest BCUT2D eigenvalue weighted by molar-refractivity contribution is 7.91. The summed E-state index contributed by atoms with van der Waals surface area (Å²) in [6, 6.07) is 17.1. The summed E-state index contributed by atoms with van der Waals surface area (Å²) in [4.78, 5) is 28.4. The molecule has 4 atom stereocenters. The Morgan fingerprint density at radius 2 is 1.80 bits per heavy atom. The zero-order valence-electron chi connectivity index (χ0n) is 22.7. The minimum Gasteiger partial charge on any atom is -0.481 e. The Hall–Kier alpha value is -2.43. The molecule has 1 aliphatic carbocycles. The number of likely N-dealkylation sites (tertiary alicyclic amines) is 1. The number of thiophene rings is 1. The number of likely N-dealkylation sites (N-methyl/N-ethyl adjacent to an activating group) is 1. The second-order valence-electron chi connectivity index (χ2n) is 11.3. The first kappa shape index (κ1) is 30.0. The van der Waals surface area contributed by atoms with E-state index in [1.807, 2.05) is 30.3 Å². The number of sulfonamides is 1. The van der Waals surface area contributed by atoms with Crippen LogP contribution in [0.4, 0.5) is 0 Å². The Labute approximate surface area is 254 Å². The summed E-state index contributed by atoms with van der Waals surface area (Å²) < 4.78 is 28.5. The summed E-state index contributed by atoms with van der Waals surface area (Å²) in [7, 11) is -2.23. The second kappa shape index (κ2) is 11.7. The highest BCUT2D eigenvalue weighted by Crippen LogP contribution is 2.54. The van der Waals surface area contributed by atoms with E-state index < -0.39 is 33.5 Å². The summed E-state index contributed by atoms with van der Waals surface area (Å²) in [6.07, 6.45) is 1.66. The van der Waals surface area contributed by atoms with Gasteiger partial charge in [0, 0.05) is 35.6 Å². The van der Waals surface area contributed by atoms with Gasteiger partial charge < -0.3 is 10.0 Å². The first-order valence-electron chi connectivity index (χ1n) is 13.5. The van der Waals surface area contributed by atoms with Gasteiger partial charge in [-0.05, 0) is 72.0 Å². The number of benzene rings is 2.